The van der Waals surface area contributed by atoms with Crippen LogP contribution in [-0.2, 0) is 0 Å². The van der Waals surface area contributed by atoms with Crippen LogP contribution in [0.2, 0.25) is 0 Å². The highest BCUT2D eigenvalue weighted by atomic mass is 16.1. The highest BCUT2D eigenvalue weighted by molar-refractivity contribution is 5.95. The molecule has 0 aliphatic heterocycles. The van der Waals surface area contributed by atoms with Gasteiger partial charge in [0.15, 0.2) is 0 Å². The van der Waals surface area contributed by atoms with Gasteiger partial charge in [-0.25, -0.2) is 4.98 Å². The molecule has 2 N–H and O–H groups in total. The fourth-order valence-corrected chi connectivity index (χ4v) is 2.28. The predicted molar refractivity (Wildman–Crippen MR) is 84.2 cm³/mol. The van der Waals surface area contributed by atoms with Gasteiger partial charge in [0.05, 0.1) is 0 Å². The smallest absolute Gasteiger partial charge is 0.251 e. The van der Waals surface area contributed by atoms with Crippen molar-refractivity contribution < 1.29 is 4.79 Å². The maximum absolute atomic E-state index is 12.3. The molecule has 4 heteroatoms. The van der Waals surface area contributed by atoms with E-state index in [1.807, 2.05) is 20.0 Å². The zero-order chi connectivity index (χ0) is 15.0. The Labute approximate surface area is 122 Å². The van der Waals surface area contributed by atoms with E-state index in [2.05, 4.69) is 29.5 Å². The molecule has 0 aromatic carbocycles. The summed E-state index contributed by atoms with van der Waals surface area (Å²) in [6.45, 7) is 6.23. The number of hydrogen-bond donors (Lipinski definition) is 2. The van der Waals surface area contributed by atoms with Crippen molar-refractivity contribution in [1.82, 2.24) is 10.3 Å². The van der Waals surface area contributed by atoms with Crippen LogP contribution < -0.4 is 10.6 Å². The van der Waals surface area contributed by atoms with E-state index in [0.29, 0.717) is 5.56 Å². The van der Waals surface area contributed by atoms with Crippen LogP contribution in [0.5, 0.6) is 0 Å². The molecular weight excluding hydrogens is 250 g/mol. The standard InChI is InChI=1S/C16H27N3O/c1-5-7-9-14(8-6-2)19-16(20)13-10-12(3)18-15(11-13)17-4/h10-11,14H,5-9H2,1-4H3,(H,17,18)(H,19,20). The molecule has 0 spiro atoms. The van der Waals surface area contributed by atoms with Crippen molar-refractivity contribution in [3.63, 3.8) is 0 Å². The minimum atomic E-state index is 0.00144. The maximum Gasteiger partial charge on any atom is 0.251 e. The van der Waals surface area contributed by atoms with Gasteiger partial charge in [0.1, 0.15) is 5.82 Å². The zero-order valence-corrected chi connectivity index (χ0v) is 13.1. The number of nitrogens with zero attached hydrogens (tertiary/aromatic N) is 1. The molecule has 0 aliphatic carbocycles. The summed E-state index contributed by atoms with van der Waals surface area (Å²) in [4.78, 5) is 16.7. The van der Waals surface area contributed by atoms with Crippen LogP contribution in [0.3, 0.4) is 0 Å². The van der Waals surface area contributed by atoms with E-state index in [0.717, 1.165) is 43.6 Å². The minimum absolute atomic E-state index is 0.00144. The van der Waals surface area contributed by atoms with Gasteiger partial charge in [-0.05, 0) is 31.9 Å². The van der Waals surface area contributed by atoms with E-state index >= 15 is 0 Å². The Morgan fingerprint density at radius 1 is 1.25 bits per heavy atom. The van der Waals surface area contributed by atoms with Gasteiger partial charge in [0, 0.05) is 24.3 Å². The first-order chi connectivity index (χ1) is 9.60. The molecule has 20 heavy (non-hydrogen) atoms. The second-order valence-corrected chi connectivity index (χ2v) is 5.23. The molecule has 1 rings (SSSR count). The van der Waals surface area contributed by atoms with Crippen molar-refractivity contribution >= 4 is 11.7 Å². The molecule has 1 unspecified atom stereocenters. The molecule has 0 saturated heterocycles. The van der Waals surface area contributed by atoms with Crippen LogP contribution >= 0.6 is 0 Å². The molecule has 0 saturated carbocycles. The number of unbranched alkanes of at least 4 members (excludes halogenated alkanes) is 1. The minimum Gasteiger partial charge on any atom is -0.373 e. The normalized spacial score (nSPS) is 12.0. The van der Waals surface area contributed by atoms with Crippen molar-refractivity contribution in [3.8, 4) is 0 Å². The fraction of sp³-hybridized carbons (Fsp3) is 0.625. The molecule has 1 aromatic heterocycles. The number of aryl methyl sites for hydroxylation is 1. The summed E-state index contributed by atoms with van der Waals surface area (Å²) in [6.07, 6.45) is 5.50. The van der Waals surface area contributed by atoms with E-state index in [9.17, 15) is 4.79 Å². The molecule has 1 amide bonds. The summed E-state index contributed by atoms with van der Waals surface area (Å²) in [5.41, 5.74) is 1.53. The van der Waals surface area contributed by atoms with Crippen LogP contribution in [0, 0.1) is 6.92 Å². The number of pyridine rings is 1. The van der Waals surface area contributed by atoms with E-state index in [1.54, 1.807) is 6.07 Å². The molecule has 4 nitrogen and oxygen atoms in total. The topological polar surface area (TPSA) is 54.0 Å². The van der Waals surface area contributed by atoms with Crippen molar-refractivity contribution in [1.29, 1.82) is 0 Å². The number of rotatable bonds is 8. The number of carbonyl (C=O) groups is 1. The lowest BCUT2D eigenvalue weighted by atomic mass is 10.0. The van der Waals surface area contributed by atoms with Gasteiger partial charge >= 0.3 is 0 Å². The molecule has 0 aliphatic rings. The summed E-state index contributed by atoms with van der Waals surface area (Å²) in [6, 6.07) is 3.91. The summed E-state index contributed by atoms with van der Waals surface area (Å²) in [5, 5.41) is 6.14. The number of aromatic nitrogens is 1. The molecular formula is C16H27N3O. The summed E-state index contributed by atoms with van der Waals surface area (Å²) in [5.74, 6) is 0.734. The third kappa shape index (κ3) is 5.19. The first-order valence-corrected chi connectivity index (χ1v) is 7.58. The Hall–Kier alpha value is -1.58. The Kier molecular flexibility index (Phi) is 7.05. The van der Waals surface area contributed by atoms with Gasteiger partial charge in [0.2, 0.25) is 0 Å². The van der Waals surface area contributed by atoms with Crippen LogP contribution in [-0.4, -0.2) is 24.0 Å². The lowest BCUT2D eigenvalue weighted by molar-refractivity contribution is 0.0932. The van der Waals surface area contributed by atoms with E-state index in [-0.39, 0.29) is 11.9 Å². The molecule has 1 heterocycles. The highest BCUT2D eigenvalue weighted by Crippen LogP contribution is 2.12. The number of carbonyl (C=O) groups excluding carboxylic acids is 1. The fourth-order valence-electron chi connectivity index (χ4n) is 2.28. The van der Waals surface area contributed by atoms with E-state index < -0.39 is 0 Å². The van der Waals surface area contributed by atoms with Gasteiger partial charge < -0.3 is 10.6 Å². The second-order valence-electron chi connectivity index (χ2n) is 5.23. The van der Waals surface area contributed by atoms with Gasteiger partial charge in [0.25, 0.3) is 5.91 Å². The Balaban J connectivity index is 2.74. The monoisotopic (exact) mass is 277 g/mol. The van der Waals surface area contributed by atoms with E-state index in [4.69, 9.17) is 0 Å². The Bertz CT molecular complexity index is 432. The van der Waals surface area contributed by atoms with Crippen LogP contribution in [0.1, 0.15) is 62.0 Å². The third-order valence-corrected chi connectivity index (χ3v) is 3.35. The number of amides is 1. The maximum atomic E-state index is 12.3. The Morgan fingerprint density at radius 3 is 2.60 bits per heavy atom. The SMILES string of the molecule is CCCCC(CCC)NC(=O)c1cc(C)nc(NC)c1. The summed E-state index contributed by atoms with van der Waals surface area (Å²) >= 11 is 0. The highest BCUT2D eigenvalue weighted by Gasteiger charge is 2.14. The zero-order valence-electron chi connectivity index (χ0n) is 13.1. The summed E-state index contributed by atoms with van der Waals surface area (Å²) < 4.78 is 0. The quantitative estimate of drug-likeness (QED) is 0.764. The Morgan fingerprint density at radius 2 is 2.00 bits per heavy atom. The molecule has 0 radical (unpaired) electrons. The first kappa shape index (κ1) is 16.5. The largest absolute Gasteiger partial charge is 0.373 e. The van der Waals surface area contributed by atoms with Gasteiger partial charge in [-0.1, -0.05) is 33.1 Å². The summed E-state index contributed by atoms with van der Waals surface area (Å²) in [7, 11) is 1.81. The molecule has 0 fully saturated rings. The lowest BCUT2D eigenvalue weighted by Gasteiger charge is -2.18. The van der Waals surface area contributed by atoms with Gasteiger partial charge in [-0.3, -0.25) is 4.79 Å². The lowest BCUT2D eigenvalue weighted by Crippen LogP contribution is -2.34. The van der Waals surface area contributed by atoms with Crippen LogP contribution in [0.15, 0.2) is 12.1 Å². The average molecular weight is 277 g/mol. The number of anilines is 1. The molecule has 1 atom stereocenters. The third-order valence-electron chi connectivity index (χ3n) is 3.35. The molecule has 0 bridgehead atoms. The van der Waals surface area contributed by atoms with Crippen molar-refractivity contribution in [2.24, 2.45) is 0 Å². The van der Waals surface area contributed by atoms with Crippen LogP contribution in [0.25, 0.3) is 0 Å². The predicted octanol–water partition coefficient (Wildman–Crippen LogP) is 3.52. The first-order valence-electron chi connectivity index (χ1n) is 7.58. The van der Waals surface area contributed by atoms with Gasteiger partial charge in [-0.2, -0.15) is 0 Å². The van der Waals surface area contributed by atoms with Crippen molar-refractivity contribution in [2.45, 2.75) is 58.9 Å². The molecule has 1 aromatic rings. The van der Waals surface area contributed by atoms with Crippen LogP contribution in [0.4, 0.5) is 5.82 Å². The second kappa shape index (κ2) is 8.56. The van der Waals surface area contributed by atoms with E-state index in [1.165, 1.54) is 0 Å². The number of hydrogen-bond acceptors (Lipinski definition) is 3. The van der Waals surface area contributed by atoms with Gasteiger partial charge in [-0.15, -0.1) is 0 Å². The van der Waals surface area contributed by atoms with Crippen molar-refractivity contribution in [2.75, 3.05) is 12.4 Å². The van der Waals surface area contributed by atoms with Crippen molar-refractivity contribution in [3.05, 3.63) is 23.4 Å². The number of nitrogens with one attached hydrogen (secondary N) is 2. The average Bonchev–Trinajstić information content (AvgIpc) is 2.44. The molecule has 112 valence electrons.